The highest BCUT2D eigenvalue weighted by Crippen LogP contribution is 2.28. The van der Waals surface area contributed by atoms with E-state index < -0.39 is 6.03 Å². The van der Waals surface area contributed by atoms with Crippen molar-refractivity contribution < 1.29 is 9.53 Å². The molecule has 2 rings (SSSR count). The molecule has 0 bridgehead atoms. The normalized spacial score (nSPS) is 9.94. The third kappa shape index (κ3) is 2.00. The molecule has 0 atom stereocenters. The second-order valence-electron chi connectivity index (χ2n) is 3.01. The summed E-state index contributed by atoms with van der Waals surface area (Å²) in [5, 5.41) is 6.19. The maximum atomic E-state index is 11.4. The van der Waals surface area contributed by atoms with Gasteiger partial charge in [-0.25, -0.2) is 19.8 Å². The van der Waals surface area contributed by atoms with Gasteiger partial charge in [-0.05, 0) is 12.1 Å². The number of primary amides is 1. The molecule has 0 unspecified atom stereocenters. The Morgan fingerprint density at radius 1 is 1.53 bits per heavy atom. The van der Waals surface area contributed by atoms with Crippen LogP contribution in [0.4, 0.5) is 16.6 Å². The van der Waals surface area contributed by atoms with Crippen LogP contribution in [0.25, 0.3) is 0 Å². The van der Waals surface area contributed by atoms with Gasteiger partial charge in [0.2, 0.25) is 5.95 Å². The molecular weight excluding hydrogens is 224 g/mol. The predicted octanol–water partition coefficient (Wildman–Crippen LogP) is 0.425. The second kappa shape index (κ2) is 4.47. The fraction of sp³-hybridized carbons (Fsp3) is 0.111. The first-order chi connectivity index (χ1) is 8.24. The molecule has 0 saturated heterocycles. The van der Waals surface area contributed by atoms with Crippen LogP contribution in [0, 0.1) is 0 Å². The summed E-state index contributed by atoms with van der Waals surface area (Å²) in [4.78, 5) is 20.4. The third-order valence-corrected chi connectivity index (χ3v) is 2.02. The van der Waals surface area contributed by atoms with Crippen LogP contribution in [0.15, 0.2) is 24.7 Å². The zero-order valence-electron chi connectivity index (χ0n) is 8.99. The lowest BCUT2D eigenvalue weighted by molar-refractivity contribution is 0.255. The number of carbonyl (C=O) groups excluding carboxylic acids is 1. The minimum absolute atomic E-state index is 0.175. The lowest BCUT2D eigenvalue weighted by Gasteiger charge is -2.17. The van der Waals surface area contributed by atoms with E-state index in [1.807, 2.05) is 0 Å². The number of rotatable bonds is 3. The highest BCUT2D eigenvalue weighted by atomic mass is 16.5. The molecule has 0 spiro atoms. The van der Waals surface area contributed by atoms with Crippen molar-refractivity contribution in [3.8, 4) is 5.75 Å². The van der Waals surface area contributed by atoms with Gasteiger partial charge in [0.25, 0.3) is 0 Å². The van der Waals surface area contributed by atoms with E-state index in [2.05, 4.69) is 20.2 Å². The summed E-state index contributed by atoms with van der Waals surface area (Å²) < 4.78 is 5.10. The van der Waals surface area contributed by atoms with Gasteiger partial charge in [-0.1, -0.05) is 0 Å². The molecule has 0 aliphatic heterocycles. The van der Waals surface area contributed by atoms with Gasteiger partial charge in [0.1, 0.15) is 6.33 Å². The highest BCUT2D eigenvalue weighted by molar-refractivity contribution is 5.96. The SMILES string of the molecule is COc1cccnc1N(C(N)=O)c1ncn[nH]1. The van der Waals surface area contributed by atoms with Crippen molar-refractivity contribution in [2.45, 2.75) is 0 Å². The van der Waals surface area contributed by atoms with Gasteiger partial charge in [-0.15, -0.1) is 0 Å². The Kier molecular flexibility index (Phi) is 2.86. The number of nitrogens with two attached hydrogens (primary N) is 1. The average molecular weight is 234 g/mol. The Morgan fingerprint density at radius 2 is 2.35 bits per heavy atom. The molecule has 0 aromatic carbocycles. The Hall–Kier alpha value is -2.64. The summed E-state index contributed by atoms with van der Waals surface area (Å²) >= 11 is 0. The van der Waals surface area contributed by atoms with E-state index in [1.54, 1.807) is 12.1 Å². The second-order valence-corrected chi connectivity index (χ2v) is 3.01. The molecule has 17 heavy (non-hydrogen) atoms. The fourth-order valence-corrected chi connectivity index (χ4v) is 1.33. The van der Waals surface area contributed by atoms with Gasteiger partial charge in [0, 0.05) is 6.20 Å². The summed E-state index contributed by atoms with van der Waals surface area (Å²) in [6.45, 7) is 0. The Balaban J connectivity index is 2.50. The van der Waals surface area contributed by atoms with Crippen molar-refractivity contribution in [3.63, 3.8) is 0 Å². The molecule has 2 heterocycles. The molecule has 0 fully saturated rings. The standard InChI is InChI=1S/C9H10N6O2/c1-17-6-3-2-4-11-7(6)15(8(10)16)9-12-5-13-14-9/h2-5H,1H3,(H2,10,16)(H,12,13,14). The number of H-pyrrole nitrogens is 1. The summed E-state index contributed by atoms with van der Waals surface area (Å²) in [6.07, 6.45) is 2.78. The summed E-state index contributed by atoms with van der Waals surface area (Å²) in [5.41, 5.74) is 5.29. The molecular formula is C9H10N6O2. The molecule has 2 amide bonds. The minimum atomic E-state index is -0.737. The molecule has 0 aliphatic carbocycles. The maximum absolute atomic E-state index is 11.4. The largest absolute Gasteiger partial charge is 0.493 e. The van der Waals surface area contributed by atoms with Crippen molar-refractivity contribution >= 4 is 17.8 Å². The Labute approximate surface area is 96.4 Å². The van der Waals surface area contributed by atoms with E-state index in [-0.39, 0.29) is 11.8 Å². The monoisotopic (exact) mass is 234 g/mol. The smallest absolute Gasteiger partial charge is 0.327 e. The van der Waals surface area contributed by atoms with E-state index in [0.717, 1.165) is 4.90 Å². The highest BCUT2D eigenvalue weighted by Gasteiger charge is 2.22. The quantitative estimate of drug-likeness (QED) is 0.799. The molecule has 0 aliphatic rings. The topological polar surface area (TPSA) is 110 Å². The lowest BCUT2D eigenvalue weighted by atomic mass is 10.4. The summed E-state index contributed by atoms with van der Waals surface area (Å²) in [7, 11) is 1.47. The van der Waals surface area contributed by atoms with Crippen LogP contribution in [0.5, 0.6) is 5.75 Å². The summed E-state index contributed by atoms with van der Waals surface area (Å²) in [6, 6.07) is 2.61. The van der Waals surface area contributed by atoms with Gasteiger partial charge in [0.15, 0.2) is 11.6 Å². The summed E-state index contributed by atoms with van der Waals surface area (Å²) in [5.74, 6) is 0.830. The molecule has 0 saturated carbocycles. The molecule has 88 valence electrons. The molecule has 0 radical (unpaired) electrons. The number of nitrogens with one attached hydrogen (secondary N) is 1. The third-order valence-electron chi connectivity index (χ3n) is 2.02. The van der Waals surface area contributed by atoms with E-state index in [0.29, 0.717) is 5.75 Å². The zero-order chi connectivity index (χ0) is 12.3. The first-order valence-electron chi connectivity index (χ1n) is 4.68. The molecule has 8 nitrogen and oxygen atoms in total. The van der Waals surface area contributed by atoms with Gasteiger partial charge < -0.3 is 10.5 Å². The van der Waals surface area contributed by atoms with E-state index in [9.17, 15) is 4.79 Å². The van der Waals surface area contributed by atoms with Crippen LogP contribution in [-0.2, 0) is 0 Å². The first-order valence-corrected chi connectivity index (χ1v) is 4.68. The average Bonchev–Trinajstić information content (AvgIpc) is 2.83. The van der Waals surface area contributed by atoms with Gasteiger partial charge in [0.05, 0.1) is 7.11 Å². The van der Waals surface area contributed by atoms with Crippen LogP contribution in [0.3, 0.4) is 0 Å². The van der Waals surface area contributed by atoms with Crippen LogP contribution in [0.2, 0.25) is 0 Å². The molecule has 2 aromatic heterocycles. The number of pyridine rings is 1. The van der Waals surface area contributed by atoms with Crippen LogP contribution in [-0.4, -0.2) is 33.3 Å². The van der Waals surface area contributed by atoms with Crippen molar-refractivity contribution in [3.05, 3.63) is 24.7 Å². The minimum Gasteiger partial charge on any atom is -0.493 e. The van der Waals surface area contributed by atoms with Crippen molar-refractivity contribution in [1.29, 1.82) is 0 Å². The number of hydrogen-bond acceptors (Lipinski definition) is 5. The van der Waals surface area contributed by atoms with Crippen molar-refractivity contribution in [1.82, 2.24) is 20.2 Å². The van der Waals surface area contributed by atoms with Gasteiger partial charge >= 0.3 is 6.03 Å². The Bertz CT molecular complexity index is 512. The molecule has 2 aromatic rings. The molecule has 3 N–H and O–H groups in total. The van der Waals surface area contributed by atoms with E-state index in [4.69, 9.17) is 10.5 Å². The lowest BCUT2D eigenvalue weighted by Crippen LogP contribution is -2.33. The van der Waals surface area contributed by atoms with Crippen molar-refractivity contribution in [2.75, 3.05) is 12.0 Å². The van der Waals surface area contributed by atoms with Gasteiger partial charge in [-0.2, -0.15) is 10.1 Å². The van der Waals surface area contributed by atoms with Gasteiger partial charge in [-0.3, -0.25) is 0 Å². The predicted molar refractivity (Wildman–Crippen MR) is 58.9 cm³/mol. The van der Waals surface area contributed by atoms with E-state index >= 15 is 0 Å². The molecule has 8 heteroatoms. The number of aromatic amines is 1. The zero-order valence-corrected chi connectivity index (χ0v) is 8.99. The van der Waals surface area contributed by atoms with E-state index in [1.165, 1.54) is 19.6 Å². The number of methoxy groups -OCH3 is 1. The number of nitrogens with zero attached hydrogens (tertiary/aromatic N) is 4. The fourth-order valence-electron chi connectivity index (χ4n) is 1.33. The van der Waals surface area contributed by atoms with Crippen LogP contribution < -0.4 is 15.4 Å². The number of anilines is 2. The first kappa shape index (κ1) is 10.9. The Morgan fingerprint density at radius 3 is 2.94 bits per heavy atom. The maximum Gasteiger partial charge on any atom is 0.327 e. The number of ether oxygens (including phenoxy) is 1. The number of aromatic nitrogens is 4. The number of carbonyl (C=O) groups is 1. The number of urea groups is 1. The van der Waals surface area contributed by atoms with Crippen molar-refractivity contribution in [2.24, 2.45) is 5.73 Å². The van der Waals surface area contributed by atoms with Crippen LogP contribution >= 0.6 is 0 Å². The number of amides is 2. The van der Waals surface area contributed by atoms with Crippen LogP contribution in [0.1, 0.15) is 0 Å². The number of hydrogen-bond donors (Lipinski definition) is 2.